The molecule has 0 aliphatic rings. The van der Waals surface area contributed by atoms with E-state index < -0.39 is 4.92 Å². The van der Waals surface area contributed by atoms with E-state index in [9.17, 15) is 10.1 Å². The zero-order valence-corrected chi connectivity index (χ0v) is 9.18. The molecule has 1 aromatic rings. The first kappa shape index (κ1) is 12.3. The van der Waals surface area contributed by atoms with Crippen LogP contribution in [0.1, 0.15) is 5.56 Å². The van der Waals surface area contributed by atoms with Gasteiger partial charge < -0.3 is 4.74 Å². The minimum atomic E-state index is -0.532. The molecule has 16 heavy (non-hydrogen) atoms. The van der Waals surface area contributed by atoms with Crippen molar-refractivity contribution in [3.8, 4) is 5.75 Å². The fourth-order valence-corrected chi connectivity index (χ4v) is 1.28. The highest BCUT2D eigenvalue weighted by Gasteiger charge is 2.01. The highest BCUT2D eigenvalue weighted by molar-refractivity contribution is 6.32. The van der Waals surface area contributed by atoms with Crippen molar-refractivity contribution in [2.45, 2.75) is 0 Å². The fraction of sp³-hybridized carbons (Fsp3) is 0.0909. The molecule has 1 aromatic carbocycles. The van der Waals surface area contributed by atoms with Crippen molar-refractivity contribution < 1.29 is 9.66 Å². The fourth-order valence-electron chi connectivity index (χ4n) is 1.03. The standard InChI is InChI=1S/C11H10ClNO3/c1-2-7-16-11-4-3-9(8-10(11)12)5-6-13(14)15/h2-6,8H,1,7H2/b6-5+. The van der Waals surface area contributed by atoms with Crippen LogP contribution in [0.25, 0.3) is 6.08 Å². The predicted molar refractivity (Wildman–Crippen MR) is 63.2 cm³/mol. The van der Waals surface area contributed by atoms with Gasteiger partial charge in [-0.1, -0.05) is 30.3 Å². The monoisotopic (exact) mass is 239 g/mol. The second-order valence-electron chi connectivity index (χ2n) is 2.89. The van der Waals surface area contributed by atoms with Crippen LogP contribution in [-0.2, 0) is 0 Å². The molecular weight excluding hydrogens is 230 g/mol. The van der Waals surface area contributed by atoms with E-state index in [1.807, 2.05) is 0 Å². The van der Waals surface area contributed by atoms with Gasteiger partial charge in [-0.05, 0) is 17.7 Å². The number of nitrogens with zero attached hydrogens (tertiary/aromatic N) is 1. The Morgan fingerprint density at radius 3 is 2.88 bits per heavy atom. The summed E-state index contributed by atoms with van der Waals surface area (Å²) in [5.41, 5.74) is 0.646. The second kappa shape index (κ2) is 5.92. The topological polar surface area (TPSA) is 52.4 Å². The first-order valence-electron chi connectivity index (χ1n) is 4.48. The summed E-state index contributed by atoms with van der Waals surface area (Å²) < 4.78 is 5.26. The average Bonchev–Trinajstić information content (AvgIpc) is 2.25. The Hall–Kier alpha value is -1.81. The summed E-state index contributed by atoms with van der Waals surface area (Å²) in [6, 6.07) is 4.94. The van der Waals surface area contributed by atoms with E-state index >= 15 is 0 Å². The van der Waals surface area contributed by atoms with Gasteiger partial charge in [0.15, 0.2) is 0 Å². The van der Waals surface area contributed by atoms with Crippen molar-refractivity contribution in [1.29, 1.82) is 0 Å². The number of halogens is 1. The van der Waals surface area contributed by atoms with Crippen LogP contribution in [-0.4, -0.2) is 11.5 Å². The number of benzene rings is 1. The van der Waals surface area contributed by atoms with Gasteiger partial charge >= 0.3 is 0 Å². The molecule has 0 atom stereocenters. The molecule has 0 aliphatic heterocycles. The van der Waals surface area contributed by atoms with Crippen molar-refractivity contribution in [1.82, 2.24) is 0 Å². The number of nitro groups is 1. The molecule has 0 aromatic heterocycles. The molecule has 0 unspecified atom stereocenters. The molecule has 0 N–H and O–H groups in total. The lowest BCUT2D eigenvalue weighted by Gasteiger charge is -2.05. The van der Waals surface area contributed by atoms with Gasteiger partial charge in [-0.25, -0.2) is 0 Å². The first-order chi connectivity index (χ1) is 7.63. The number of hydrogen-bond donors (Lipinski definition) is 0. The van der Waals surface area contributed by atoms with E-state index in [1.165, 1.54) is 6.08 Å². The van der Waals surface area contributed by atoms with Crippen LogP contribution >= 0.6 is 11.6 Å². The molecule has 0 heterocycles. The number of ether oxygens (including phenoxy) is 1. The van der Waals surface area contributed by atoms with Crippen LogP contribution < -0.4 is 4.74 Å². The van der Waals surface area contributed by atoms with Crippen molar-refractivity contribution in [2.24, 2.45) is 0 Å². The Morgan fingerprint density at radius 1 is 1.56 bits per heavy atom. The van der Waals surface area contributed by atoms with Gasteiger partial charge in [-0.15, -0.1) is 0 Å². The van der Waals surface area contributed by atoms with Gasteiger partial charge in [0.05, 0.1) is 9.95 Å². The second-order valence-corrected chi connectivity index (χ2v) is 3.30. The largest absolute Gasteiger partial charge is 0.488 e. The summed E-state index contributed by atoms with van der Waals surface area (Å²) in [5, 5.41) is 10.5. The summed E-state index contributed by atoms with van der Waals surface area (Å²) in [6.45, 7) is 3.88. The van der Waals surface area contributed by atoms with E-state index in [1.54, 1.807) is 24.3 Å². The smallest absolute Gasteiger partial charge is 0.235 e. The first-order valence-corrected chi connectivity index (χ1v) is 4.86. The zero-order chi connectivity index (χ0) is 12.0. The van der Waals surface area contributed by atoms with Crippen LogP contribution in [0.3, 0.4) is 0 Å². The van der Waals surface area contributed by atoms with Crippen molar-refractivity contribution in [3.05, 3.63) is 57.8 Å². The van der Waals surface area contributed by atoms with E-state index in [0.29, 0.717) is 22.9 Å². The maximum Gasteiger partial charge on any atom is 0.235 e. The molecule has 0 radical (unpaired) electrons. The van der Waals surface area contributed by atoms with Crippen LogP contribution in [0.2, 0.25) is 5.02 Å². The maximum absolute atomic E-state index is 10.1. The molecule has 0 spiro atoms. The Morgan fingerprint density at radius 2 is 2.31 bits per heavy atom. The molecule has 0 bridgehead atoms. The van der Waals surface area contributed by atoms with Crippen LogP contribution in [0.5, 0.6) is 5.75 Å². The number of hydrogen-bond acceptors (Lipinski definition) is 3. The molecular formula is C11H10ClNO3. The van der Waals surface area contributed by atoms with Gasteiger partial charge in [-0.3, -0.25) is 10.1 Å². The van der Waals surface area contributed by atoms with Gasteiger partial charge in [0.2, 0.25) is 6.20 Å². The minimum absolute atomic E-state index is 0.365. The third-order valence-electron chi connectivity index (χ3n) is 1.70. The average molecular weight is 240 g/mol. The molecule has 1 rings (SSSR count). The summed E-state index contributed by atoms with van der Waals surface area (Å²) in [7, 11) is 0. The Labute approximate surface area is 97.9 Å². The molecule has 4 nitrogen and oxygen atoms in total. The van der Waals surface area contributed by atoms with E-state index in [2.05, 4.69) is 6.58 Å². The molecule has 0 saturated carbocycles. The summed E-state index contributed by atoms with van der Waals surface area (Å²) in [6.07, 6.45) is 3.83. The summed E-state index contributed by atoms with van der Waals surface area (Å²) >= 11 is 5.92. The van der Waals surface area contributed by atoms with Gasteiger partial charge in [0.1, 0.15) is 12.4 Å². The SMILES string of the molecule is C=CCOc1ccc(/C=C/[N+](=O)[O-])cc1Cl. The summed E-state index contributed by atoms with van der Waals surface area (Å²) in [5.74, 6) is 0.528. The lowest BCUT2D eigenvalue weighted by Crippen LogP contribution is -1.93. The van der Waals surface area contributed by atoms with Crippen molar-refractivity contribution in [3.63, 3.8) is 0 Å². The lowest BCUT2D eigenvalue weighted by molar-refractivity contribution is -0.400. The molecule has 84 valence electrons. The highest BCUT2D eigenvalue weighted by Crippen LogP contribution is 2.25. The lowest BCUT2D eigenvalue weighted by atomic mass is 10.2. The van der Waals surface area contributed by atoms with Crippen molar-refractivity contribution >= 4 is 17.7 Å². The van der Waals surface area contributed by atoms with Gasteiger partial charge in [0.25, 0.3) is 0 Å². The number of rotatable bonds is 5. The molecule has 0 aliphatic carbocycles. The molecule has 0 saturated heterocycles. The highest BCUT2D eigenvalue weighted by atomic mass is 35.5. The van der Waals surface area contributed by atoms with E-state index in [4.69, 9.17) is 16.3 Å². The van der Waals surface area contributed by atoms with Crippen LogP contribution in [0, 0.1) is 10.1 Å². The van der Waals surface area contributed by atoms with E-state index in [0.717, 1.165) is 6.20 Å². The van der Waals surface area contributed by atoms with Crippen LogP contribution in [0.4, 0.5) is 0 Å². The third-order valence-corrected chi connectivity index (χ3v) is 2.00. The molecule has 0 amide bonds. The van der Waals surface area contributed by atoms with Gasteiger partial charge in [-0.2, -0.15) is 0 Å². The summed E-state index contributed by atoms with van der Waals surface area (Å²) in [4.78, 5) is 9.58. The van der Waals surface area contributed by atoms with Crippen LogP contribution in [0.15, 0.2) is 37.1 Å². The molecule has 0 fully saturated rings. The minimum Gasteiger partial charge on any atom is -0.488 e. The predicted octanol–water partition coefficient (Wildman–Crippen LogP) is 3.15. The van der Waals surface area contributed by atoms with Crippen molar-refractivity contribution in [2.75, 3.05) is 6.61 Å². The maximum atomic E-state index is 10.1. The molecule has 5 heteroatoms. The Kier molecular flexibility index (Phi) is 4.54. The quantitative estimate of drug-likeness (QED) is 0.451. The zero-order valence-electron chi connectivity index (χ0n) is 8.43. The Balaban J connectivity index is 2.82. The van der Waals surface area contributed by atoms with E-state index in [-0.39, 0.29) is 0 Å². The third kappa shape index (κ3) is 3.74. The Bertz CT molecular complexity index is 429. The normalized spacial score (nSPS) is 10.3. The van der Waals surface area contributed by atoms with Gasteiger partial charge in [0, 0.05) is 6.08 Å².